The smallest absolute Gasteiger partial charge is 0.375 e. The molecule has 0 aliphatic rings. The Hall–Kier alpha value is -2.78. The van der Waals surface area contributed by atoms with Crippen LogP contribution < -0.4 is 0 Å². The van der Waals surface area contributed by atoms with E-state index in [1.165, 1.54) is 14.2 Å². The van der Waals surface area contributed by atoms with Crippen LogP contribution in [0.5, 0.6) is 0 Å². The van der Waals surface area contributed by atoms with Crippen LogP contribution in [0.15, 0.2) is 0 Å². The number of esters is 2. The van der Waals surface area contributed by atoms with Gasteiger partial charge in [-0.15, -0.1) is 10.2 Å². The van der Waals surface area contributed by atoms with Gasteiger partial charge in [-0.3, -0.25) is 10.2 Å². The lowest BCUT2D eigenvalue weighted by Gasteiger charge is -1.90. The highest BCUT2D eigenvalue weighted by Gasteiger charge is 2.18. The molecule has 0 radical (unpaired) electrons. The average molecular weight is 252 g/mol. The second-order valence-electron chi connectivity index (χ2n) is 3.00. The number of hydrogen-bond donors (Lipinski definition) is 2. The van der Waals surface area contributed by atoms with E-state index in [0.717, 1.165) is 0 Å². The highest BCUT2D eigenvalue weighted by Crippen LogP contribution is 2.09. The lowest BCUT2D eigenvalue weighted by atomic mass is 10.5. The maximum Gasteiger partial charge on any atom is 0.375 e. The van der Waals surface area contributed by atoms with Gasteiger partial charge in [-0.05, 0) is 0 Å². The van der Waals surface area contributed by atoms with E-state index in [9.17, 15) is 9.59 Å². The fourth-order valence-electron chi connectivity index (χ4n) is 1.10. The van der Waals surface area contributed by atoms with E-state index in [2.05, 4.69) is 39.8 Å². The van der Waals surface area contributed by atoms with Gasteiger partial charge in [0.15, 0.2) is 0 Å². The van der Waals surface area contributed by atoms with Crippen molar-refractivity contribution in [3.63, 3.8) is 0 Å². The summed E-state index contributed by atoms with van der Waals surface area (Å²) in [6.07, 6.45) is 0. The maximum absolute atomic E-state index is 11.1. The summed E-state index contributed by atoms with van der Waals surface area (Å²) in [4.78, 5) is 29.9. The first-order valence-corrected chi connectivity index (χ1v) is 4.67. The first-order chi connectivity index (χ1) is 8.65. The third kappa shape index (κ3) is 2.03. The summed E-state index contributed by atoms with van der Waals surface area (Å²) in [6, 6.07) is 0. The summed E-state index contributed by atoms with van der Waals surface area (Å²) >= 11 is 0. The van der Waals surface area contributed by atoms with Crippen molar-refractivity contribution >= 4 is 11.9 Å². The summed E-state index contributed by atoms with van der Waals surface area (Å²) in [5, 5.41) is 12.2. The minimum atomic E-state index is -0.669. The molecule has 10 heteroatoms. The second kappa shape index (κ2) is 4.61. The number of nitrogens with one attached hydrogen (secondary N) is 2. The van der Waals surface area contributed by atoms with Crippen molar-refractivity contribution in [1.29, 1.82) is 0 Å². The Morgan fingerprint density at radius 2 is 1.28 bits per heavy atom. The zero-order valence-electron chi connectivity index (χ0n) is 9.42. The number of hydrogen-bond acceptors (Lipinski definition) is 8. The lowest BCUT2D eigenvalue weighted by molar-refractivity contribution is 0.0578. The molecule has 0 spiro atoms. The molecule has 0 unspecified atom stereocenters. The van der Waals surface area contributed by atoms with Crippen LogP contribution in [0.4, 0.5) is 0 Å². The number of methoxy groups -OCH3 is 2. The predicted octanol–water partition coefficient (Wildman–Crippen LogP) is -0.837. The number of carbonyl (C=O) groups is 2. The molecule has 0 fully saturated rings. The molecule has 2 aromatic rings. The zero-order chi connectivity index (χ0) is 13.1. The molecular weight excluding hydrogens is 244 g/mol. The fourth-order valence-corrected chi connectivity index (χ4v) is 1.10. The van der Waals surface area contributed by atoms with Crippen molar-refractivity contribution in [3.05, 3.63) is 11.6 Å². The first kappa shape index (κ1) is 11.7. The minimum Gasteiger partial charge on any atom is -0.463 e. The maximum atomic E-state index is 11.1. The molecule has 18 heavy (non-hydrogen) atoms. The number of H-pyrrole nitrogens is 2. The Bertz CT molecular complexity index is 536. The quantitative estimate of drug-likeness (QED) is 0.675. The van der Waals surface area contributed by atoms with Crippen molar-refractivity contribution in [2.45, 2.75) is 0 Å². The molecule has 2 rings (SSSR count). The summed E-state index contributed by atoms with van der Waals surface area (Å²) in [6.45, 7) is 0. The molecule has 2 N–H and O–H groups in total. The number of aromatic nitrogens is 6. The standard InChI is InChI=1S/C8H8N6O4/c1-17-7(15)5-9-3(11-13-5)4-10-6(14-12-4)8(16)18-2/h1-2H3,(H,9,11,13)(H,10,12,14). The third-order valence-electron chi connectivity index (χ3n) is 1.93. The lowest BCUT2D eigenvalue weighted by Crippen LogP contribution is -2.03. The van der Waals surface area contributed by atoms with Gasteiger partial charge in [0.2, 0.25) is 23.3 Å². The van der Waals surface area contributed by atoms with Gasteiger partial charge in [0, 0.05) is 0 Å². The van der Waals surface area contributed by atoms with Gasteiger partial charge in [-0.25, -0.2) is 9.59 Å². The molecule has 2 aromatic heterocycles. The van der Waals surface area contributed by atoms with Crippen molar-refractivity contribution in [3.8, 4) is 11.6 Å². The van der Waals surface area contributed by atoms with Gasteiger partial charge in [0.05, 0.1) is 14.2 Å². The van der Waals surface area contributed by atoms with Crippen molar-refractivity contribution in [1.82, 2.24) is 30.4 Å². The Labute approximate surface area is 99.7 Å². The monoisotopic (exact) mass is 252 g/mol. The summed E-state index contributed by atoms with van der Waals surface area (Å²) in [5.74, 6) is -1.40. The van der Waals surface area contributed by atoms with E-state index < -0.39 is 11.9 Å². The van der Waals surface area contributed by atoms with Crippen LogP contribution in [0.1, 0.15) is 21.2 Å². The van der Waals surface area contributed by atoms with E-state index in [1.54, 1.807) is 0 Å². The summed E-state index contributed by atoms with van der Waals surface area (Å²) in [5.41, 5.74) is 0. The predicted molar refractivity (Wildman–Crippen MR) is 54.4 cm³/mol. The topological polar surface area (TPSA) is 136 Å². The molecule has 0 aromatic carbocycles. The molecule has 0 saturated carbocycles. The van der Waals surface area contributed by atoms with Crippen LogP contribution in [-0.2, 0) is 9.47 Å². The Morgan fingerprint density at radius 3 is 1.61 bits per heavy atom. The van der Waals surface area contributed by atoms with E-state index in [0.29, 0.717) is 0 Å². The molecule has 0 aliphatic heterocycles. The Morgan fingerprint density at radius 1 is 0.889 bits per heavy atom. The van der Waals surface area contributed by atoms with Crippen molar-refractivity contribution < 1.29 is 19.1 Å². The van der Waals surface area contributed by atoms with Crippen molar-refractivity contribution in [2.24, 2.45) is 0 Å². The van der Waals surface area contributed by atoms with Crippen LogP contribution in [0, 0.1) is 0 Å². The SMILES string of the molecule is COC(=O)c1nc(-c2n[nH]c(C(=O)OC)n2)n[nH]1. The Balaban J connectivity index is 2.26. The number of ether oxygens (including phenoxy) is 2. The summed E-state index contributed by atoms with van der Waals surface area (Å²) < 4.78 is 8.90. The van der Waals surface area contributed by atoms with Gasteiger partial charge in [0.1, 0.15) is 0 Å². The van der Waals surface area contributed by atoms with Gasteiger partial charge < -0.3 is 9.47 Å². The van der Waals surface area contributed by atoms with Crippen LogP contribution in [0.25, 0.3) is 11.6 Å². The van der Waals surface area contributed by atoms with Crippen LogP contribution in [0.3, 0.4) is 0 Å². The molecular formula is C8H8N6O4. The fraction of sp³-hybridized carbons (Fsp3) is 0.250. The summed E-state index contributed by atoms with van der Waals surface area (Å²) in [7, 11) is 2.43. The minimum absolute atomic E-state index is 0.0572. The highest BCUT2D eigenvalue weighted by atomic mass is 16.5. The van der Waals surface area contributed by atoms with Crippen LogP contribution in [0.2, 0.25) is 0 Å². The molecule has 2 heterocycles. The number of aromatic amines is 2. The van der Waals surface area contributed by atoms with Gasteiger partial charge in [-0.2, -0.15) is 9.97 Å². The second-order valence-corrected chi connectivity index (χ2v) is 3.00. The van der Waals surface area contributed by atoms with E-state index in [-0.39, 0.29) is 23.3 Å². The van der Waals surface area contributed by atoms with E-state index in [1.807, 2.05) is 0 Å². The number of carbonyl (C=O) groups excluding carboxylic acids is 2. The third-order valence-corrected chi connectivity index (χ3v) is 1.93. The number of nitrogens with zero attached hydrogens (tertiary/aromatic N) is 4. The van der Waals surface area contributed by atoms with Crippen molar-refractivity contribution in [2.75, 3.05) is 14.2 Å². The normalized spacial score (nSPS) is 10.1. The Kier molecular flexibility index (Phi) is 3.00. The molecule has 0 aliphatic carbocycles. The molecule has 94 valence electrons. The first-order valence-electron chi connectivity index (χ1n) is 4.67. The largest absolute Gasteiger partial charge is 0.463 e. The highest BCUT2D eigenvalue weighted by molar-refractivity contribution is 5.86. The molecule has 10 nitrogen and oxygen atoms in total. The number of rotatable bonds is 3. The van der Waals surface area contributed by atoms with E-state index >= 15 is 0 Å². The zero-order valence-corrected chi connectivity index (χ0v) is 9.42. The molecule has 0 bridgehead atoms. The van der Waals surface area contributed by atoms with Gasteiger partial charge in [0.25, 0.3) is 0 Å². The van der Waals surface area contributed by atoms with E-state index in [4.69, 9.17) is 0 Å². The van der Waals surface area contributed by atoms with Crippen LogP contribution in [-0.4, -0.2) is 56.5 Å². The molecule has 0 amide bonds. The van der Waals surface area contributed by atoms with Gasteiger partial charge in [-0.1, -0.05) is 0 Å². The molecule has 0 atom stereocenters. The van der Waals surface area contributed by atoms with Gasteiger partial charge >= 0.3 is 11.9 Å². The molecule has 0 saturated heterocycles. The van der Waals surface area contributed by atoms with Crippen LogP contribution >= 0.6 is 0 Å². The average Bonchev–Trinajstić information content (AvgIpc) is 3.04.